The van der Waals surface area contributed by atoms with Gasteiger partial charge in [0.05, 0.1) is 21.0 Å². The lowest BCUT2D eigenvalue weighted by Gasteiger charge is -2.13. The number of carbonyl (C=O) groups excluding carboxylic acids is 1. The molecule has 0 aromatic heterocycles. The summed E-state index contributed by atoms with van der Waals surface area (Å²) < 4.78 is 65.9. The molecule has 156 valence electrons. The normalized spacial score (nSPS) is 11.7. The quantitative estimate of drug-likeness (QED) is 0.541. The molecule has 1 amide bonds. The lowest BCUT2D eigenvalue weighted by atomic mass is 10.2. The Labute approximate surface area is 175 Å². The first-order valence-electron chi connectivity index (χ1n) is 8.42. The summed E-state index contributed by atoms with van der Waals surface area (Å²) in [5.41, 5.74) is -0.891. The van der Waals surface area contributed by atoms with Crippen molar-refractivity contribution >= 4 is 38.9 Å². The topological polar surface area (TPSA) is 75.3 Å². The number of rotatable bonds is 5. The van der Waals surface area contributed by atoms with Crippen molar-refractivity contribution in [2.24, 2.45) is 0 Å². The lowest BCUT2D eigenvalue weighted by molar-refractivity contribution is -0.137. The van der Waals surface area contributed by atoms with Crippen LogP contribution in [0.3, 0.4) is 0 Å². The standard InChI is InChI=1S/C20H14ClF3N2O3S/c21-18-10-9-16(12-17(18)19(27)25-14-6-2-1-3-7-14)30(28,29)26-15-8-4-5-13(11-15)20(22,23)24/h1-12,26H,(H,25,27). The summed E-state index contributed by atoms with van der Waals surface area (Å²) in [6, 6.07) is 15.7. The van der Waals surface area contributed by atoms with Crippen molar-refractivity contribution in [3.63, 3.8) is 0 Å². The van der Waals surface area contributed by atoms with Gasteiger partial charge in [-0.05, 0) is 48.5 Å². The molecule has 0 saturated carbocycles. The van der Waals surface area contributed by atoms with E-state index >= 15 is 0 Å². The van der Waals surface area contributed by atoms with Crippen LogP contribution >= 0.6 is 11.6 Å². The van der Waals surface area contributed by atoms with Gasteiger partial charge in [-0.15, -0.1) is 0 Å². The first-order chi connectivity index (χ1) is 14.1. The summed E-state index contributed by atoms with van der Waals surface area (Å²) >= 11 is 6.04. The average molecular weight is 455 g/mol. The van der Waals surface area contributed by atoms with Crippen LogP contribution in [-0.4, -0.2) is 14.3 Å². The number of alkyl halides is 3. The van der Waals surface area contributed by atoms with Crippen LogP contribution in [0, 0.1) is 0 Å². The van der Waals surface area contributed by atoms with Crippen LogP contribution in [-0.2, 0) is 16.2 Å². The van der Waals surface area contributed by atoms with Gasteiger partial charge in [0.1, 0.15) is 0 Å². The van der Waals surface area contributed by atoms with E-state index < -0.39 is 27.7 Å². The van der Waals surface area contributed by atoms with Crippen molar-refractivity contribution in [3.05, 3.63) is 88.9 Å². The van der Waals surface area contributed by atoms with Gasteiger partial charge in [0.15, 0.2) is 0 Å². The van der Waals surface area contributed by atoms with Gasteiger partial charge >= 0.3 is 6.18 Å². The third-order valence-electron chi connectivity index (χ3n) is 3.97. The highest BCUT2D eigenvalue weighted by Crippen LogP contribution is 2.31. The Kier molecular flexibility index (Phi) is 6.04. The number of anilines is 2. The molecule has 0 heterocycles. The highest BCUT2D eigenvalue weighted by Gasteiger charge is 2.30. The molecule has 5 nitrogen and oxygen atoms in total. The molecule has 0 fully saturated rings. The second kappa shape index (κ2) is 8.37. The maximum absolute atomic E-state index is 12.9. The zero-order valence-corrected chi connectivity index (χ0v) is 16.6. The predicted molar refractivity (Wildman–Crippen MR) is 108 cm³/mol. The van der Waals surface area contributed by atoms with Gasteiger partial charge in [0, 0.05) is 11.4 Å². The van der Waals surface area contributed by atoms with Crippen LogP contribution in [0.25, 0.3) is 0 Å². The second-order valence-corrected chi connectivity index (χ2v) is 8.24. The summed E-state index contributed by atoms with van der Waals surface area (Å²) in [5.74, 6) is -0.637. The minimum Gasteiger partial charge on any atom is -0.322 e. The summed E-state index contributed by atoms with van der Waals surface area (Å²) in [6.45, 7) is 0. The molecule has 0 spiro atoms. The molecule has 3 aromatic carbocycles. The average Bonchev–Trinajstić information content (AvgIpc) is 2.68. The van der Waals surface area contributed by atoms with Gasteiger partial charge in [-0.3, -0.25) is 9.52 Å². The fourth-order valence-electron chi connectivity index (χ4n) is 2.54. The van der Waals surface area contributed by atoms with Crippen molar-refractivity contribution < 1.29 is 26.4 Å². The molecule has 10 heteroatoms. The van der Waals surface area contributed by atoms with E-state index in [4.69, 9.17) is 11.6 Å². The van der Waals surface area contributed by atoms with Gasteiger partial charge < -0.3 is 5.32 Å². The molecule has 0 radical (unpaired) electrons. The predicted octanol–water partition coefficient (Wildman–Crippen LogP) is 5.41. The van der Waals surface area contributed by atoms with Gasteiger partial charge in [0.25, 0.3) is 15.9 Å². The van der Waals surface area contributed by atoms with Crippen molar-refractivity contribution in [2.45, 2.75) is 11.1 Å². The molecule has 3 aromatic rings. The Hall–Kier alpha value is -3.04. The zero-order valence-electron chi connectivity index (χ0n) is 15.1. The highest BCUT2D eigenvalue weighted by atomic mass is 35.5. The molecule has 3 rings (SSSR count). The number of nitrogens with one attached hydrogen (secondary N) is 2. The van der Waals surface area contributed by atoms with Gasteiger partial charge in [-0.1, -0.05) is 35.9 Å². The molecule has 30 heavy (non-hydrogen) atoms. The molecular weight excluding hydrogens is 441 g/mol. The van der Waals surface area contributed by atoms with Gasteiger partial charge in [-0.2, -0.15) is 13.2 Å². The highest BCUT2D eigenvalue weighted by molar-refractivity contribution is 7.92. The van der Waals surface area contributed by atoms with E-state index in [1.54, 1.807) is 30.3 Å². The molecule has 0 aliphatic carbocycles. The van der Waals surface area contributed by atoms with E-state index in [0.717, 1.165) is 24.3 Å². The van der Waals surface area contributed by atoms with E-state index in [1.807, 2.05) is 0 Å². The van der Waals surface area contributed by atoms with Crippen molar-refractivity contribution in [3.8, 4) is 0 Å². The number of para-hydroxylation sites is 1. The fraction of sp³-hybridized carbons (Fsp3) is 0.0500. The third kappa shape index (κ3) is 5.11. The van der Waals surface area contributed by atoms with E-state index in [0.29, 0.717) is 11.8 Å². The van der Waals surface area contributed by atoms with Crippen molar-refractivity contribution in [1.82, 2.24) is 0 Å². The Balaban J connectivity index is 1.88. The maximum atomic E-state index is 12.9. The Bertz CT molecular complexity index is 1180. The summed E-state index contributed by atoms with van der Waals surface area (Å²) in [7, 11) is -4.28. The summed E-state index contributed by atoms with van der Waals surface area (Å²) in [6.07, 6.45) is -4.62. The minimum atomic E-state index is -4.62. The first-order valence-corrected chi connectivity index (χ1v) is 10.3. The lowest BCUT2D eigenvalue weighted by Crippen LogP contribution is -2.17. The van der Waals surface area contributed by atoms with E-state index in [2.05, 4.69) is 10.0 Å². The second-order valence-electron chi connectivity index (χ2n) is 6.15. The Morgan fingerprint density at radius 2 is 1.53 bits per heavy atom. The van der Waals surface area contributed by atoms with Gasteiger partial charge in [0.2, 0.25) is 0 Å². The molecule has 0 saturated heterocycles. The molecule has 0 bridgehead atoms. The number of benzene rings is 3. The molecule has 0 aliphatic rings. The van der Waals surface area contributed by atoms with E-state index in [9.17, 15) is 26.4 Å². The molecule has 0 atom stereocenters. The minimum absolute atomic E-state index is 0.0152. The van der Waals surface area contributed by atoms with Crippen LogP contribution in [0.2, 0.25) is 5.02 Å². The summed E-state index contributed by atoms with van der Waals surface area (Å²) in [4.78, 5) is 12.2. The van der Waals surface area contributed by atoms with Crippen molar-refractivity contribution in [2.75, 3.05) is 10.0 Å². The molecule has 0 unspecified atom stereocenters. The van der Waals surface area contributed by atoms with Crippen molar-refractivity contribution in [1.29, 1.82) is 0 Å². The van der Waals surface area contributed by atoms with E-state index in [-0.39, 0.29) is 21.2 Å². The van der Waals surface area contributed by atoms with Crippen LogP contribution in [0.15, 0.2) is 77.7 Å². The number of carbonyl (C=O) groups is 1. The van der Waals surface area contributed by atoms with Gasteiger partial charge in [-0.25, -0.2) is 8.42 Å². The van der Waals surface area contributed by atoms with Crippen LogP contribution < -0.4 is 10.0 Å². The maximum Gasteiger partial charge on any atom is 0.416 e. The number of hydrogen-bond acceptors (Lipinski definition) is 3. The number of halogens is 4. The Morgan fingerprint density at radius 3 is 2.20 bits per heavy atom. The monoisotopic (exact) mass is 454 g/mol. The van der Waals surface area contributed by atoms with Crippen LogP contribution in [0.1, 0.15) is 15.9 Å². The number of amides is 1. The largest absolute Gasteiger partial charge is 0.416 e. The SMILES string of the molecule is O=C(Nc1ccccc1)c1cc(S(=O)(=O)Nc2cccc(C(F)(F)F)c2)ccc1Cl. The summed E-state index contributed by atoms with van der Waals surface area (Å²) in [5, 5.41) is 2.60. The van der Waals surface area contributed by atoms with E-state index in [1.165, 1.54) is 12.1 Å². The number of hydrogen-bond donors (Lipinski definition) is 2. The smallest absolute Gasteiger partial charge is 0.322 e. The molecule has 2 N–H and O–H groups in total. The van der Waals surface area contributed by atoms with Crippen LogP contribution in [0.4, 0.5) is 24.5 Å². The molecular formula is C20H14ClF3N2O3S. The Morgan fingerprint density at radius 1 is 0.867 bits per heavy atom. The first kappa shape index (κ1) is 21.7. The third-order valence-corrected chi connectivity index (χ3v) is 5.68. The number of sulfonamides is 1. The molecule has 0 aliphatic heterocycles. The van der Waals surface area contributed by atoms with Crippen LogP contribution in [0.5, 0.6) is 0 Å². The zero-order chi connectivity index (χ0) is 21.9. The fourth-order valence-corrected chi connectivity index (χ4v) is 3.82.